The van der Waals surface area contributed by atoms with Gasteiger partial charge in [-0.15, -0.1) is 0 Å². The third-order valence-corrected chi connectivity index (χ3v) is 4.90. The Kier molecular flexibility index (Phi) is 4.86. The molecule has 3 atom stereocenters. The van der Waals surface area contributed by atoms with Crippen LogP contribution < -0.4 is 5.32 Å². The number of hydrogen-bond donors (Lipinski definition) is 1. The Morgan fingerprint density at radius 1 is 1.55 bits per heavy atom. The lowest BCUT2D eigenvalue weighted by molar-refractivity contribution is 0.0372. The number of aryl methyl sites for hydroxylation is 1. The van der Waals surface area contributed by atoms with Crippen LogP contribution in [0.25, 0.3) is 0 Å². The molecule has 1 aromatic rings. The van der Waals surface area contributed by atoms with Gasteiger partial charge in [0.2, 0.25) is 0 Å². The van der Waals surface area contributed by atoms with Crippen molar-refractivity contribution in [3.05, 3.63) is 18.0 Å². The number of hydrogen-bond acceptors (Lipinski definition) is 3. The van der Waals surface area contributed by atoms with Crippen LogP contribution in [0.2, 0.25) is 0 Å². The van der Waals surface area contributed by atoms with Crippen LogP contribution in [-0.2, 0) is 7.05 Å². The molecular weight excluding hydrogens is 248 g/mol. The summed E-state index contributed by atoms with van der Waals surface area (Å²) in [7, 11) is 6.47. The van der Waals surface area contributed by atoms with Gasteiger partial charge < -0.3 is 10.2 Å². The summed E-state index contributed by atoms with van der Waals surface area (Å²) in [5.41, 5.74) is 1.52. The Morgan fingerprint density at radius 3 is 2.80 bits per heavy atom. The third kappa shape index (κ3) is 2.91. The zero-order valence-corrected chi connectivity index (χ0v) is 13.7. The average molecular weight is 278 g/mol. The number of likely N-dealkylation sites (N-methyl/N-ethyl adjacent to an activating group) is 2. The Balaban J connectivity index is 2.37. The number of nitrogens with one attached hydrogen (secondary N) is 1. The molecule has 4 heteroatoms. The molecule has 0 amide bonds. The molecule has 0 saturated heterocycles. The molecule has 1 heterocycles. The first-order chi connectivity index (χ1) is 9.49. The summed E-state index contributed by atoms with van der Waals surface area (Å²) in [6.45, 7) is 5.58. The van der Waals surface area contributed by atoms with E-state index in [2.05, 4.69) is 49.5 Å². The molecular formula is C16H30N4. The van der Waals surface area contributed by atoms with Crippen LogP contribution in [0.3, 0.4) is 0 Å². The van der Waals surface area contributed by atoms with Crippen molar-refractivity contribution in [3.63, 3.8) is 0 Å². The molecule has 20 heavy (non-hydrogen) atoms. The van der Waals surface area contributed by atoms with Gasteiger partial charge in [-0.2, -0.15) is 5.10 Å². The molecule has 1 aliphatic carbocycles. The maximum Gasteiger partial charge on any atom is 0.0538 e. The zero-order chi connectivity index (χ0) is 14.8. The van der Waals surface area contributed by atoms with Gasteiger partial charge in [-0.1, -0.05) is 26.7 Å². The topological polar surface area (TPSA) is 33.1 Å². The molecule has 1 fully saturated rings. The first kappa shape index (κ1) is 15.5. The Bertz CT molecular complexity index is 426. The van der Waals surface area contributed by atoms with Crippen LogP contribution in [0, 0.1) is 5.92 Å². The lowest BCUT2D eigenvalue weighted by Crippen LogP contribution is -2.56. The lowest BCUT2D eigenvalue weighted by Gasteiger charge is -2.50. The summed E-state index contributed by atoms with van der Waals surface area (Å²) < 4.78 is 1.91. The van der Waals surface area contributed by atoms with Crippen molar-refractivity contribution in [1.82, 2.24) is 20.0 Å². The molecule has 1 saturated carbocycles. The van der Waals surface area contributed by atoms with Gasteiger partial charge in [0.05, 0.1) is 12.2 Å². The fraction of sp³-hybridized carbons (Fsp3) is 0.812. The predicted molar refractivity (Wildman–Crippen MR) is 83.7 cm³/mol. The largest absolute Gasteiger partial charge is 0.309 e. The normalized spacial score (nSPS) is 28.8. The quantitative estimate of drug-likeness (QED) is 0.898. The molecule has 0 radical (unpaired) electrons. The highest BCUT2D eigenvalue weighted by molar-refractivity contribution is 5.19. The molecule has 1 N–H and O–H groups in total. The van der Waals surface area contributed by atoms with E-state index in [0.717, 1.165) is 12.5 Å². The summed E-state index contributed by atoms with van der Waals surface area (Å²) in [5, 5.41) is 8.11. The summed E-state index contributed by atoms with van der Waals surface area (Å²) in [6.07, 6.45) is 9.39. The van der Waals surface area contributed by atoms with E-state index in [1.54, 1.807) is 0 Å². The minimum atomic E-state index is 0.205. The van der Waals surface area contributed by atoms with Gasteiger partial charge >= 0.3 is 0 Å². The van der Waals surface area contributed by atoms with E-state index >= 15 is 0 Å². The van der Waals surface area contributed by atoms with Crippen LogP contribution in [0.1, 0.15) is 51.1 Å². The molecule has 0 bridgehead atoms. The van der Waals surface area contributed by atoms with E-state index in [0.29, 0.717) is 6.04 Å². The van der Waals surface area contributed by atoms with Gasteiger partial charge in [-0.05, 0) is 39.4 Å². The molecule has 114 valence electrons. The van der Waals surface area contributed by atoms with E-state index in [-0.39, 0.29) is 5.54 Å². The smallest absolute Gasteiger partial charge is 0.0538 e. The van der Waals surface area contributed by atoms with Crippen molar-refractivity contribution in [2.24, 2.45) is 13.0 Å². The van der Waals surface area contributed by atoms with Crippen molar-refractivity contribution in [1.29, 1.82) is 0 Å². The minimum absolute atomic E-state index is 0.205. The Hall–Kier alpha value is -0.870. The van der Waals surface area contributed by atoms with E-state index in [4.69, 9.17) is 0 Å². The van der Waals surface area contributed by atoms with E-state index in [9.17, 15) is 0 Å². The molecule has 4 nitrogen and oxygen atoms in total. The monoisotopic (exact) mass is 278 g/mol. The lowest BCUT2D eigenvalue weighted by atomic mass is 9.70. The van der Waals surface area contributed by atoms with Gasteiger partial charge in [0.15, 0.2) is 0 Å². The SMILES string of the molecule is CCNC(c1cnn(C)c1)C1(N(C)C)CCCC(C)C1. The first-order valence-corrected chi connectivity index (χ1v) is 7.89. The van der Waals surface area contributed by atoms with Gasteiger partial charge in [0.1, 0.15) is 0 Å². The first-order valence-electron chi connectivity index (χ1n) is 7.89. The maximum atomic E-state index is 4.38. The third-order valence-electron chi connectivity index (χ3n) is 4.90. The molecule has 2 rings (SSSR count). The van der Waals surface area contributed by atoms with Crippen LogP contribution >= 0.6 is 0 Å². The van der Waals surface area contributed by atoms with E-state index in [1.807, 2.05) is 17.9 Å². The average Bonchev–Trinajstić information content (AvgIpc) is 2.82. The van der Waals surface area contributed by atoms with Crippen molar-refractivity contribution in [2.45, 2.75) is 51.1 Å². The molecule has 0 aromatic carbocycles. The summed E-state index contributed by atoms with van der Waals surface area (Å²) >= 11 is 0. The molecule has 0 spiro atoms. The molecule has 0 aliphatic heterocycles. The predicted octanol–water partition coefficient (Wildman–Crippen LogP) is 2.58. The van der Waals surface area contributed by atoms with Crippen LogP contribution in [-0.4, -0.2) is 40.9 Å². The van der Waals surface area contributed by atoms with Gasteiger partial charge in [-0.3, -0.25) is 4.68 Å². The van der Waals surface area contributed by atoms with Gasteiger partial charge in [0, 0.05) is 24.3 Å². The highest BCUT2D eigenvalue weighted by Gasteiger charge is 2.44. The van der Waals surface area contributed by atoms with Crippen molar-refractivity contribution in [2.75, 3.05) is 20.6 Å². The fourth-order valence-electron chi connectivity index (χ4n) is 3.90. The number of aromatic nitrogens is 2. The fourth-order valence-corrected chi connectivity index (χ4v) is 3.90. The van der Waals surface area contributed by atoms with E-state index < -0.39 is 0 Å². The van der Waals surface area contributed by atoms with Crippen LogP contribution in [0.4, 0.5) is 0 Å². The van der Waals surface area contributed by atoms with Gasteiger partial charge in [0.25, 0.3) is 0 Å². The highest BCUT2D eigenvalue weighted by atomic mass is 15.3. The molecule has 1 aliphatic rings. The van der Waals surface area contributed by atoms with Crippen LogP contribution in [0.15, 0.2) is 12.4 Å². The van der Waals surface area contributed by atoms with Crippen molar-refractivity contribution >= 4 is 0 Å². The molecule has 3 unspecified atom stereocenters. The van der Waals surface area contributed by atoms with Crippen LogP contribution in [0.5, 0.6) is 0 Å². The van der Waals surface area contributed by atoms with Crippen molar-refractivity contribution in [3.8, 4) is 0 Å². The molecule has 1 aromatic heterocycles. The Labute approximate surface area is 123 Å². The van der Waals surface area contributed by atoms with Crippen molar-refractivity contribution < 1.29 is 0 Å². The highest BCUT2D eigenvalue weighted by Crippen LogP contribution is 2.43. The second kappa shape index (κ2) is 6.27. The van der Waals surface area contributed by atoms with E-state index in [1.165, 1.54) is 31.2 Å². The second-order valence-electron chi connectivity index (χ2n) is 6.64. The Morgan fingerprint density at radius 2 is 2.30 bits per heavy atom. The summed E-state index contributed by atoms with van der Waals surface area (Å²) in [5.74, 6) is 0.795. The number of rotatable bonds is 5. The zero-order valence-electron chi connectivity index (χ0n) is 13.7. The maximum absolute atomic E-state index is 4.38. The number of nitrogens with zero attached hydrogens (tertiary/aromatic N) is 3. The standard InChI is InChI=1S/C16H30N4/c1-6-17-15(14-11-18-20(5)12-14)16(19(3)4)9-7-8-13(2)10-16/h11-13,15,17H,6-10H2,1-5H3. The summed E-state index contributed by atoms with van der Waals surface area (Å²) in [4.78, 5) is 2.45. The minimum Gasteiger partial charge on any atom is -0.309 e. The van der Waals surface area contributed by atoms with Gasteiger partial charge in [-0.25, -0.2) is 0 Å². The summed E-state index contributed by atoms with van der Waals surface area (Å²) in [6, 6.07) is 0.360. The second-order valence-corrected chi connectivity index (χ2v) is 6.64.